The second-order valence-corrected chi connectivity index (χ2v) is 29.5. The van der Waals surface area contributed by atoms with Gasteiger partial charge in [0, 0.05) is 25.7 Å². The predicted octanol–water partition coefficient (Wildman–Crippen LogP) is 24.7. The maximum Gasteiger partial charge on any atom is 0.472 e. The third kappa shape index (κ3) is 79.7. The van der Waals surface area contributed by atoms with Gasteiger partial charge in [0.2, 0.25) is 0 Å². The SMILES string of the molecule is CC/C=C\C/C=C\C/C=C\C/C=C\C/C=C\C/C=C\CCC(=O)OCC(COP(=O)(O)OCC(O)COP(=O)(O)OCC(COC(=O)CCCCC/C=C\C/C=C\C/C=C\C/C=C\C/C=C\CC)OC(=O)CCCCCCC/C=C\CCCCCC)OC(=O)CCCCC/C=C\C/C=C\C/C=C\C/C=C\C/C=C\CC. The Kier molecular flexibility index (Phi) is 76.0. The number of phosphoric acid groups is 2. The summed E-state index contributed by atoms with van der Waals surface area (Å²) in [6.07, 6.45) is 101. The average molecular weight is 1570 g/mol. The number of phosphoric ester groups is 2. The minimum atomic E-state index is -5.02. The Hall–Kier alpha value is -6.36. The summed E-state index contributed by atoms with van der Waals surface area (Å²) in [5.41, 5.74) is 0. The highest BCUT2D eigenvalue weighted by atomic mass is 31.2. The van der Waals surface area contributed by atoms with Crippen molar-refractivity contribution >= 4 is 39.5 Å². The van der Waals surface area contributed by atoms with Crippen LogP contribution in [0.2, 0.25) is 0 Å². The maximum atomic E-state index is 13.1. The molecule has 0 heterocycles. The second kappa shape index (κ2) is 80.7. The molecule has 0 radical (unpaired) electrons. The van der Waals surface area contributed by atoms with E-state index in [-0.39, 0.29) is 25.7 Å². The molecule has 0 aliphatic heterocycles. The minimum Gasteiger partial charge on any atom is -0.462 e. The Labute approximate surface area is 665 Å². The van der Waals surface area contributed by atoms with E-state index < -0.39 is 97.5 Å². The summed E-state index contributed by atoms with van der Waals surface area (Å²) in [6.45, 7) is 4.32. The highest BCUT2D eigenvalue weighted by Gasteiger charge is 2.30. The van der Waals surface area contributed by atoms with Crippen molar-refractivity contribution in [2.45, 2.75) is 303 Å². The van der Waals surface area contributed by atoms with E-state index in [0.29, 0.717) is 32.1 Å². The highest BCUT2D eigenvalue weighted by Crippen LogP contribution is 2.45. The topological polar surface area (TPSA) is 237 Å². The number of hydrogen-bond donors (Lipinski definition) is 3. The zero-order valence-corrected chi connectivity index (χ0v) is 69.6. The summed E-state index contributed by atoms with van der Waals surface area (Å²) in [7, 11) is -10.0. The van der Waals surface area contributed by atoms with Crippen molar-refractivity contribution in [3.63, 3.8) is 0 Å². The summed E-state index contributed by atoms with van der Waals surface area (Å²) in [5, 5.41) is 10.7. The van der Waals surface area contributed by atoms with Crippen LogP contribution in [-0.2, 0) is 65.4 Å². The van der Waals surface area contributed by atoms with Gasteiger partial charge in [-0.3, -0.25) is 37.3 Å². The number of rotatable bonds is 75. The molecule has 0 bridgehead atoms. The number of allylic oxidation sites excluding steroid dienone is 34. The van der Waals surface area contributed by atoms with Crippen LogP contribution in [0, 0.1) is 0 Å². The van der Waals surface area contributed by atoms with Crippen molar-refractivity contribution in [2.24, 2.45) is 0 Å². The summed E-state index contributed by atoms with van der Waals surface area (Å²) in [5.74, 6) is -2.38. The van der Waals surface area contributed by atoms with Gasteiger partial charge in [0.15, 0.2) is 12.2 Å². The first-order valence-corrected chi connectivity index (χ1v) is 44.3. The van der Waals surface area contributed by atoms with E-state index in [1.54, 1.807) is 0 Å². The lowest BCUT2D eigenvalue weighted by Crippen LogP contribution is -2.30. The van der Waals surface area contributed by atoms with Gasteiger partial charge in [0.25, 0.3) is 0 Å². The molecule has 19 heteroatoms. The number of aliphatic hydroxyl groups excluding tert-OH is 1. The standard InChI is InChI=1S/C91H144O17P2/c1-5-9-13-17-21-25-29-33-36-39-42-45-48-52-55-59-63-67-71-75-88(93)101-81-86(107-90(95)77-73-69-65-61-57-51-32-28-24-20-16-12-8-4)83-105-109(97,98)103-79-85(92)80-104-110(99,100)106-84-87(108-91(96)78-74-70-66-62-58-54-50-47-44-41-38-35-31-27-23-19-15-11-7-3)82-102-89(94)76-72-68-64-60-56-53-49-46-43-40-37-34-30-26-22-18-14-10-6-2/h9-11,13-15,21-23,25-28,32-38,42-47,52-56,58,64,68,85-87,92H,5-8,12,16-20,24,29-31,39-41,48-51,57,59-63,65-67,69-84H2,1-4H3,(H,97,98)(H,99,100)/b13-9-,14-10-,15-11-,25-21-,26-22-,27-23-,32-28-,36-33-,37-34-,38-35-,45-42-,46-43-,47-44-,55-52-,56-53-,58-54-,68-64-. The van der Waals surface area contributed by atoms with Crippen LogP contribution in [0.1, 0.15) is 285 Å². The Bertz CT molecular complexity index is 2900. The van der Waals surface area contributed by atoms with Crippen molar-refractivity contribution in [3.8, 4) is 0 Å². The van der Waals surface area contributed by atoms with Crippen molar-refractivity contribution < 1.29 is 80.2 Å². The molecule has 0 saturated carbocycles. The van der Waals surface area contributed by atoms with Crippen LogP contribution in [0.5, 0.6) is 0 Å². The first-order chi connectivity index (χ1) is 53.7. The monoisotopic (exact) mass is 1570 g/mol. The van der Waals surface area contributed by atoms with Crippen LogP contribution >= 0.6 is 15.6 Å². The van der Waals surface area contributed by atoms with E-state index >= 15 is 0 Å². The van der Waals surface area contributed by atoms with Crippen molar-refractivity contribution in [1.29, 1.82) is 0 Å². The number of ether oxygens (including phenoxy) is 4. The second-order valence-electron chi connectivity index (χ2n) is 26.6. The molecule has 5 atom stereocenters. The van der Waals surface area contributed by atoms with Crippen LogP contribution in [0.3, 0.4) is 0 Å². The van der Waals surface area contributed by atoms with E-state index in [2.05, 4.69) is 216 Å². The van der Waals surface area contributed by atoms with Gasteiger partial charge in [-0.05, 0) is 180 Å². The smallest absolute Gasteiger partial charge is 0.462 e. The number of unbranched alkanes of at least 4 members (excludes halogenated alkanes) is 15. The Morgan fingerprint density at radius 3 is 0.800 bits per heavy atom. The molecule has 3 N–H and O–H groups in total. The first kappa shape index (κ1) is 104. The van der Waals surface area contributed by atoms with Crippen molar-refractivity contribution in [2.75, 3.05) is 39.6 Å². The molecule has 0 aliphatic carbocycles. The van der Waals surface area contributed by atoms with E-state index in [1.807, 2.05) is 18.2 Å². The van der Waals surface area contributed by atoms with Crippen LogP contribution in [0.25, 0.3) is 0 Å². The summed E-state index contributed by atoms with van der Waals surface area (Å²) in [6, 6.07) is 0. The van der Waals surface area contributed by atoms with Gasteiger partial charge < -0.3 is 33.8 Å². The lowest BCUT2D eigenvalue weighted by Gasteiger charge is -2.21. The third-order valence-electron chi connectivity index (χ3n) is 16.2. The van der Waals surface area contributed by atoms with Crippen molar-refractivity contribution in [1.82, 2.24) is 0 Å². The van der Waals surface area contributed by atoms with E-state index in [4.69, 9.17) is 37.0 Å². The van der Waals surface area contributed by atoms with E-state index in [1.165, 1.54) is 25.7 Å². The summed E-state index contributed by atoms with van der Waals surface area (Å²) >= 11 is 0. The van der Waals surface area contributed by atoms with Gasteiger partial charge >= 0.3 is 39.5 Å². The molecule has 0 saturated heterocycles. The van der Waals surface area contributed by atoms with E-state index in [0.717, 1.165) is 173 Å². The largest absolute Gasteiger partial charge is 0.472 e. The zero-order valence-electron chi connectivity index (χ0n) is 67.8. The molecule has 0 aliphatic rings. The summed E-state index contributed by atoms with van der Waals surface area (Å²) < 4.78 is 68.6. The number of carbonyl (C=O) groups excluding carboxylic acids is 4. The fourth-order valence-electron chi connectivity index (χ4n) is 10.1. The summed E-state index contributed by atoms with van der Waals surface area (Å²) in [4.78, 5) is 73.1. The van der Waals surface area contributed by atoms with Crippen LogP contribution < -0.4 is 0 Å². The maximum absolute atomic E-state index is 13.1. The first-order valence-electron chi connectivity index (χ1n) is 41.3. The van der Waals surface area contributed by atoms with Gasteiger partial charge in [0.05, 0.1) is 26.4 Å². The van der Waals surface area contributed by atoms with Gasteiger partial charge in [-0.1, -0.05) is 286 Å². The third-order valence-corrected chi connectivity index (χ3v) is 18.1. The molecule has 110 heavy (non-hydrogen) atoms. The molecule has 0 aromatic carbocycles. The molecule has 0 rings (SSSR count). The number of carbonyl (C=O) groups is 4. The predicted molar refractivity (Wildman–Crippen MR) is 454 cm³/mol. The molecule has 0 fully saturated rings. The Morgan fingerprint density at radius 1 is 0.264 bits per heavy atom. The number of hydrogen-bond acceptors (Lipinski definition) is 15. The molecule has 0 spiro atoms. The van der Waals surface area contributed by atoms with Gasteiger partial charge in [0.1, 0.15) is 19.3 Å². The number of esters is 4. The zero-order chi connectivity index (χ0) is 80.3. The molecule has 17 nitrogen and oxygen atoms in total. The molecule has 0 aromatic rings. The minimum absolute atomic E-state index is 0.0192. The highest BCUT2D eigenvalue weighted by molar-refractivity contribution is 7.47. The fourth-order valence-corrected chi connectivity index (χ4v) is 11.6. The van der Waals surface area contributed by atoms with Crippen molar-refractivity contribution in [3.05, 3.63) is 207 Å². The van der Waals surface area contributed by atoms with Crippen LogP contribution in [0.15, 0.2) is 207 Å². The van der Waals surface area contributed by atoms with Gasteiger partial charge in [-0.2, -0.15) is 0 Å². The van der Waals surface area contributed by atoms with E-state index in [9.17, 15) is 43.2 Å². The number of aliphatic hydroxyl groups is 1. The lowest BCUT2D eigenvalue weighted by atomic mass is 10.1. The van der Waals surface area contributed by atoms with Crippen LogP contribution in [0.4, 0.5) is 0 Å². The lowest BCUT2D eigenvalue weighted by molar-refractivity contribution is -0.161. The van der Waals surface area contributed by atoms with Gasteiger partial charge in [-0.15, -0.1) is 0 Å². The van der Waals surface area contributed by atoms with Gasteiger partial charge in [-0.25, -0.2) is 9.13 Å². The normalized spacial score (nSPS) is 14.9. The molecular weight excluding hydrogens is 1430 g/mol. The average Bonchev–Trinajstić information content (AvgIpc) is 0.900. The molecule has 620 valence electrons. The molecule has 0 aromatic heterocycles. The molecule has 0 amide bonds. The van der Waals surface area contributed by atoms with Crippen LogP contribution in [-0.4, -0.2) is 96.7 Å². The quantitative estimate of drug-likeness (QED) is 0.0169. The fraction of sp³-hybridized carbons (Fsp3) is 0.582. The molecule has 5 unspecified atom stereocenters. The Morgan fingerprint density at radius 2 is 0.491 bits per heavy atom. The molecular formula is C91H144O17P2. The Balaban J connectivity index is 5.53.